The zero-order valence-corrected chi connectivity index (χ0v) is 15.1. The smallest absolute Gasteiger partial charge is 0.217 e. The van der Waals surface area contributed by atoms with Crippen molar-refractivity contribution in [1.82, 2.24) is 15.2 Å². The van der Waals surface area contributed by atoms with Gasteiger partial charge in [-0.2, -0.15) is 0 Å². The van der Waals surface area contributed by atoms with Crippen LogP contribution in [0.25, 0.3) is 10.9 Å². The van der Waals surface area contributed by atoms with Crippen LogP contribution in [-0.4, -0.2) is 48.4 Å². The number of fused-ring (bicyclic) bond motifs is 1. The molecule has 0 bridgehead atoms. The molecule has 1 aliphatic rings. The van der Waals surface area contributed by atoms with E-state index in [2.05, 4.69) is 20.2 Å². The number of piperidine rings is 1. The second-order valence-corrected chi connectivity index (χ2v) is 6.85. The number of halogens is 1. The average Bonchev–Trinajstić information content (AvgIpc) is 3.00. The van der Waals surface area contributed by atoms with Crippen LogP contribution in [0, 0.1) is 11.7 Å². The van der Waals surface area contributed by atoms with Crippen molar-refractivity contribution >= 4 is 22.8 Å². The Kier molecular flexibility index (Phi) is 5.75. The summed E-state index contributed by atoms with van der Waals surface area (Å²) < 4.78 is 13.3. The number of aromatic amines is 1. The minimum atomic E-state index is -0.240. The van der Waals surface area contributed by atoms with E-state index in [0.717, 1.165) is 61.3 Å². The Balaban J connectivity index is 1.56. The third kappa shape index (κ3) is 4.33. The van der Waals surface area contributed by atoms with Crippen molar-refractivity contribution in [3.8, 4) is 0 Å². The Morgan fingerprint density at radius 3 is 3.12 bits per heavy atom. The molecular weight excluding hydrogens is 333 g/mol. The standard InChI is InChI=1S/C19H26FN5O/c1-22-19(25-8-2-3-13(12-25)9-18(21)26)23-7-6-14-11-24-17-10-15(20)4-5-16(14)17/h4-5,10-11,13,24H,2-3,6-9,12H2,1H3,(H2,21,26)(H,22,23). The number of nitrogens with zero attached hydrogens (tertiary/aromatic N) is 2. The van der Waals surface area contributed by atoms with Crippen molar-refractivity contribution in [2.24, 2.45) is 16.6 Å². The minimum Gasteiger partial charge on any atom is -0.370 e. The van der Waals surface area contributed by atoms with Crippen molar-refractivity contribution in [3.63, 3.8) is 0 Å². The van der Waals surface area contributed by atoms with E-state index in [1.54, 1.807) is 7.05 Å². The highest BCUT2D eigenvalue weighted by Gasteiger charge is 2.23. The van der Waals surface area contributed by atoms with Gasteiger partial charge in [0.15, 0.2) is 5.96 Å². The SMILES string of the molecule is CN=C(NCCc1c[nH]c2cc(F)ccc12)N1CCCC(CC(N)=O)C1. The van der Waals surface area contributed by atoms with Gasteiger partial charge in [0.05, 0.1) is 0 Å². The molecule has 1 fully saturated rings. The molecule has 0 saturated carbocycles. The number of nitrogens with two attached hydrogens (primary N) is 1. The number of carbonyl (C=O) groups is 1. The van der Waals surface area contributed by atoms with E-state index < -0.39 is 0 Å². The Hall–Kier alpha value is -2.57. The van der Waals surface area contributed by atoms with Crippen LogP contribution in [0.2, 0.25) is 0 Å². The first kappa shape index (κ1) is 18.2. The lowest BCUT2D eigenvalue weighted by molar-refractivity contribution is -0.119. The number of H-pyrrole nitrogens is 1. The predicted octanol–water partition coefficient (Wildman–Crippen LogP) is 2.01. The number of primary amides is 1. The van der Waals surface area contributed by atoms with Gasteiger partial charge in [-0.1, -0.05) is 0 Å². The van der Waals surface area contributed by atoms with E-state index in [4.69, 9.17) is 5.73 Å². The maximum Gasteiger partial charge on any atom is 0.217 e. The largest absolute Gasteiger partial charge is 0.370 e. The number of hydrogen-bond donors (Lipinski definition) is 3. The highest BCUT2D eigenvalue weighted by molar-refractivity contribution is 5.83. The number of carbonyl (C=O) groups excluding carboxylic acids is 1. The van der Waals surface area contributed by atoms with Crippen LogP contribution in [0.15, 0.2) is 29.4 Å². The third-order valence-electron chi connectivity index (χ3n) is 4.93. The molecule has 0 spiro atoms. The number of likely N-dealkylation sites (tertiary alicyclic amines) is 1. The molecule has 140 valence electrons. The lowest BCUT2D eigenvalue weighted by atomic mass is 9.95. The van der Waals surface area contributed by atoms with Gasteiger partial charge in [0, 0.05) is 50.2 Å². The van der Waals surface area contributed by atoms with Crippen LogP contribution in [0.4, 0.5) is 4.39 Å². The number of rotatable bonds is 5. The van der Waals surface area contributed by atoms with Crippen LogP contribution in [0.3, 0.4) is 0 Å². The molecule has 1 saturated heterocycles. The molecule has 1 aromatic carbocycles. The Labute approximate surface area is 152 Å². The first-order chi connectivity index (χ1) is 12.6. The Morgan fingerprint density at radius 1 is 1.50 bits per heavy atom. The number of guanidine groups is 1. The zero-order chi connectivity index (χ0) is 18.5. The summed E-state index contributed by atoms with van der Waals surface area (Å²) in [7, 11) is 1.77. The van der Waals surface area contributed by atoms with E-state index in [9.17, 15) is 9.18 Å². The summed E-state index contributed by atoms with van der Waals surface area (Å²) in [6.45, 7) is 2.46. The predicted molar refractivity (Wildman–Crippen MR) is 101 cm³/mol. The van der Waals surface area contributed by atoms with Crippen molar-refractivity contribution in [3.05, 3.63) is 35.8 Å². The van der Waals surface area contributed by atoms with E-state index >= 15 is 0 Å². The molecule has 3 rings (SSSR count). The summed E-state index contributed by atoms with van der Waals surface area (Å²) in [5, 5.41) is 4.44. The second kappa shape index (κ2) is 8.21. The fourth-order valence-electron chi connectivity index (χ4n) is 3.72. The zero-order valence-electron chi connectivity index (χ0n) is 15.1. The molecule has 4 N–H and O–H groups in total. The number of amides is 1. The molecule has 2 aromatic rings. The van der Waals surface area contributed by atoms with E-state index in [-0.39, 0.29) is 11.7 Å². The van der Waals surface area contributed by atoms with Gasteiger partial charge in [-0.3, -0.25) is 9.79 Å². The van der Waals surface area contributed by atoms with Crippen molar-refractivity contribution in [2.45, 2.75) is 25.7 Å². The molecule has 0 radical (unpaired) electrons. The van der Waals surface area contributed by atoms with Gasteiger partial charge < -0.3 is 20.9 Å². The van der Waals surface area contributed by atoms with Crippen LogP contribution in [0.1, 0.15) is 24.8 Å². The third-order valence-corrected chi connectivity index (χ3v) is 4.93. The molecule has 1 unspecified atom stereocenters. The maximum absolute atomic E-state index is 13.3. The minimum absolute atomic E-state index is 0.236. The summed E-state index contributed by atoms with van der Waals surface area (Å²) in [4.78, 5) is 20.9. The molecule has 0 aliphatic carbocycles. The number of hydrogen-bond acceptors (Lipinski definition) is 2. The van der Waals surface area contributed by atoms with Gasteiger partial charge in [-0.15, -0.1) is 0 Å². The fourth-order valence-corrected chi connectivity index (χ4v) is 3.72. The molecule has 6 nitrogen and oxygen atoms in total. The molecule has 26 heavy (non-hydrogen) atoms. The van der Waals surface area contributed by atoms with Crippen molar-refractivity contribution < 1.29 is 9.18 Å². The van der Waals surface area contributed by atoms with Crippen LogP contribution >= 0.6 is 0 Å². The topological polar surface area (TPSA) is 86.5 Å². The number of nitrogens with one attached hydrogen (secondary N) is 2. The monoisotopic (exact) mass is 359 g/mol. The Bertz CT molecular complexity index is 800. The summed E-state index contributed by atoms with van der Waals surface area (Å²) >= 11 is 0. The van der Waals surface area contributed by atoms with Gasteiger partial charge in [0.1, 0.15) is 5.82 Å². The summed E-state index contributed by atoms with van der Waals surface area (Å²) in [6, 6.07) is 4.81. The van der Waals surface area contributed by atoms with Crippen molar-refractivity contribution in [1.29, 1.82) is 0 Å². The Morgan fingerprint density at radius 2 is 2.35 bits per heavy atom. The van der Waals surface area contributed by atoms with Gasteiger partial charge in [-0.25, -0.2) is 4.39 Å². The van der Waals surface area contributed by atoms with E-state index in [1.807, 2.05) is 12.3 Å². The van der Waals surface area contributed by atoms with Crippen molar-refractivity contribution in [2.75, 3.05) is 26.7 Å². The van der Waals surface area contributed by atoms with E-state index in [1.165, 1.54) is 12.1 Å². The maximum atomic E-state index is 13.3. The first-order valence-corrected chi connectivity index (χ1v) is 9.06. The molecular formula is C19H26FN5O. The molecule has 1 amide bonds. The molecule has 1 aliphatic heterocycles. The first-order valence-electron chi connectivity index (χ1n) is 9.06. The number of aliphatic imine (C=N–C) groups is 1. The normalized spacial score (nSPS) is 18.3. The number of benzene rings is 1. The van der Waals surface area contributed by atoms with E-state index in [0.29, 0.717) is 12.3 Å². The number of aromatic nitrogens is 1. The second-order valence-electron chi connectivity index (χ2n) is 6.85. The highest BCUT2D eigenvalue weighted by Crippen LogP contribution is 2.20. The lowest BCUT2D eigenvalue weighted by Gasteiger charge is -2.34. The van der Waals surface area contributed by atoms with Crippen LogP contribution in [0.5, 0.6) is 0 Å². The van der Waals surface area contributed by atoms with Gasteiger partial charge in [0.2, 0.25) is 5.91 Å². The van der Waals surface area contributed by atoms with Crippen LogP contribution < -0.4 is 11.1 Å². The molecule has 2 heterocycles. The average molecular weight is 359 g/mol. The van der Waals surface area contributed by atoms with Gasteiger partial charge in [0.25, 0.3) is 0 Å². The van der Waals surface area contributed by atoms with Crippen LogP contribution in [-0.2, 0) is 11.2 Å². The summed E-state index contributed by atoms with van der Waals surface area (Å²) in [5.74, 6) is 0.670. The molecule has 7 heteroatoms. The molecule has 1 aromatic heterocycles. The fraction of sp³-hybridized carbons (Fsp3) is 0.474. The summed E-state index contributed by atoms with van der Waals surface area (Å²) in [5.41, 5.74) is 7.30. The van der Waals surface area contributed by atoms with Gasteiger partial charge in [-0.05, 0) is 48.9 Å². The van der Waals surface area contributed by atoms with Gasteiger partial charge >= 0.3 is 0 Å². The molecule has 1 atom stereocenters. The quantitative estimate of drug-likeness (QED) is 0.564. The summed E-state index contributed by atoms with van der Waals surface area (Å²) in [6.07, 6.45) is 5.23. The highest BCUT2D eigenvalue weighted by atomic mass is 19.1. The lowest BCUT2D eigenvalue weighted by Crippen LogP contribution is -2.47.